The number of nitrogens with zero attached hydrogens (tertiary/aromatic N) is 1. The Morgan fingerprint density at radius 1 is 1.29 bits per heavy atom. The summed E-state index contributed by atoms with van der Waals surface area (Å²) in [6.07, 6.45) is 6.12. The molecule has 2 unspecified atom stereocenters. The smallest absolute Gasteiger partial charge is 0.243 e. The number of piperidine rings is 1. The maximum Gasteiger partial charge on any atom is 0.243 e. The van der Waals surface area contributed by atoms with Crippen LogP contribution in [0.4, 0.5) is 0 Å². The van der Waals surface area contributed by atoms with Crippen molar-refractivity contribution < 1.29 is 8.42 Å². The average Bonchev–Trinajstić information content (AvgIpc) is 2.96. The van der Waals surface area contributed by atoms with Crippen molar-refractivity contribution in [2.45, 2.75) is 43.5 Å². The first-order chi connectivity index (χ1) is 10.1. The van der Waals surface area contributed by atoms with Crippen LogP contribution in [0, 0.1) is 11.8 Å². The first-order valence-corrected chi connectivity index (χ1v) is 10.2. The van der Waals surface area contributed by atoms with Crippen molar-refractivity contribution in [1.82, 2.24) is 9.62 Å². The minimum absolute atomic E-state index is 0.479. The summed E-state index contributed by atoms with van der Waals surface area (Å²) in [6.45, 7) is 2.15. The topological polar surface area (TPSA) is 49.4 Å². The minimum atomic E-state index is -3.29. The van der Waals surface area contributed by atoms with Gasteiger partial charge in [0.15, 0.2) is 0 Å². The molecule has 2 fully saturated rings. The number of hydrogen-bond donors (Lipinski definition) is 1. The van der Waals surface area contributed by atoms with Crippen molar-refractivity contribution in [3.8, 4) is 0 Å². The first-order valence-electron chi connectivity index (χ1n) is 7.83. The normalized spacial score (nSPS) is 27.5. The van der Waals surface area contributed by atoms with Gasteiger partial charge < -0.3 is 5.32 Å². The number of hydrogen-bond acceptors (Lipinski definition) is 4. The van der Waals surface area contributed by atoms with E-state index in [0.717, 1.165) is 30.3 Å². The fourth-order valence-corrected chi connectivity index (χ4v) is 6.48. The lowest BCUT2D eigenvalue weighted by Crippen LogP contribution is -2.44. The van der Waals surface area contributed by atoms with E-state index in [-0.39, 0.29) is 0 Å². The maximum atomic E-state index is 12.8. The Kier molecular flexibility index (Phi) is 4.69. The minimum Gasteiger partial charge on any atom is -0.315 e. The van der Waals surface area contributed by atoms with E-state index in [1.54, 1.807) is 9.69 Å². The van der Waals surface area contributed by atoms with Gasteiger partial charge in [0.25, 0.3) is 0 Å². The van der Waals surface area contributed by atoms with Crippen LogP contribution in [0.2, 0.25) is 0 Å². The zero-order chi connectivity index (χ0) is 14.9. The Morgan fingerprint density at radius 3 is 2.81 bits per heavy atom. The molecule has 0 bridgehead atoms. The van der Waals surface area contributed by atoms with Crippen molar-refractivity contribution in [2.75, 3.05) is 20.1 Å². The van der Waals surface area contributed by atoms with Gasteiger partial charge in [-0.2, -0.15) is 4.31 Å². The number of sulfonamides is 1. The van der Waals surface area contributed by atoms with Gasteiger partial charge in [-0.05, 0) is 37.8 Å². The quantitative estimate of drug-likeness (QED) is 0.924. The van der Waals surface area contributed by atoms with Crippen LogP contribution in [0.1, 0.15) is 37.0 Å². The molecule has 0 aromatic carbocycles. The van der Waals surface area contributed by atoms with Gasteiger partial charge in [-0.25, -0.2) is 8.42 Å². The molecule has 0 spiro atoms. The maximum absolute atomic E-state index is 12.8. The average molecular weight is 329 g/mol. The highest BCUT2D eigenvalue weighted by atomic mass is 32.2. The van der Waals surface area contributed by atoms with E-state index in [4.69, 9.17) is 0 Å². The predicted molar refractivity (Wildman–Crippen MR) is 85.9 cm³/mol. The van der Waals surface area contributed by atoms with Crippen LogP contribution >= 0.6 is 11.3 Å². The highest BCUT2D eigenvalue weighted by Gasteiger charge is 2.36. The van der Waals surface area contributed by atoms with Crippen LogP contribution in [-0.4, -0.2) is 32.9 Å². The number of rotatable bonds is 4. The van der Waals surface area contributed by atoms with Crippen LogP contribution in [-0.2, 0) is 16.6 Å². The van der Waals surface area contributed by atoms with Crippen molar-refractivity contribution >= 4 is 21.4 Å². The fraction of sp³-hybridized carbons (Fsp3) is 0.733. The molecule has 1 saturated heterocycles. The summed E-state index contributed by atoms with van der Waals surface area (Å²) >= 11 is 1.52. The third-order valence-electron chi connectivity index (χ3n) is 4.87. The Balaban J connectivity index is 1.75. The van der Waals surface area contributed by atoms with Gasteiger partial charge in [0.05, 0.1) is 4.90 Å². The van der Waals surface area contributed by atoms with E-state index in [9.17, 15) is 8.42 Å². The van der Waals surface area contributed by atoms with Crippen molar-refractivity contribution in [2.24, 2.45) is 11.8 Å². The molecule has 2 heterocycles. The molecule has 1 aromatic heterocycles. The second kappa shape index (κ2) is 6.36. The van der Waals surface area contributed by atoms with Gasteiger partial charge in [-0.15, -0.1) is 11.3 Å². The second-order valence-electron chi connectivity index (χ2n) is 6.24. The van der Waals surface area contributed by atoms with Crippen molar-refractivity contribution in [3.05, 3.63) is 16.3 Å². The number of fused-ring (bicyclic) bond motifs is 1. The van der Waals surface area contributed by atoms with Gasteiger partial charge in [-0.3, -0.25) is 0 Å². The van der Waals surface area contributed by atoms with E-state index in [1.165, 1.54) is 37.0 Å². The standard InChI is InChI=1S/C15H24N2O2S2/c1-16-9-14-8-15(11-20-14)21(18,19)17-7-6-12-4-2-3-5-13(12)10-17/h8,11-13,16H,2-7,9-10H2,1H3. The molecule has 3 rings (SSSR count). The highest BCUT2D eigenvalue weighted by molar-refractivity contribution is 7.89. The van der Waals surface area contributed by atoms with E-state index in [1.807, 2.05) is 13.1 Å². The summed E-state index contributed by atoms with van der Waals surface area (Å²) in [6, 6.07) is 1.82. The Bertz CT molecular complexity index is 582. The lowest BCUT2D eigenvalue weighted by molar-refractivity contribution is 0.136. The Hall–Kier alpha value is -0.430. The Labute approximate surface area is 131 Å². The van der Waals surface area contributed by atoms with Crippen LogP contribution < -0.4 is 5.32 Å². The van der Waals surface area contributed by atoms with E-state index < -0.39 is 10.0 Å². The van der Waals surface area contributed by atoms with E-state index in [2.05, 4.69) is 5.32 Å². The third-order valence-corrected chi connectivity index (χ3v) is 7.80. The molecule has 2 aliphatic rings. The summed E-state index contributed by atoms with van der Waals surface area (Å²) in [4.78, 5) is 1.55. The zero-order valence-corrected chi connectivity index (χ0v) is 14.2. The summed E-state index contributed by atoms with van der Waals surface area (Å²) in [5.74, 6) is 1.34. The van der Waals surface area contributed by atoms with Crippen molar-refractivity contribution in [1.29, 1.82) is 0 Å². The summed E-state index contributed by atoms with van der Waals surface area (Å²) < 4.78 is 27.3. The van der Waals surface area contributed by atoms with Crippen LogP contribution in [0.5, 0.6) is 0 Å². The summed E-state index contributed by atoms with van der Waals surface area (Å²) in [5.41, 5.74) is 0. The molecule has 2 atom stereocenters. The van der Waals surface area contributed by atoms with Gasteiger partial charge in [0.2, 0.25) is 10.0 Å². The lowest BCUT2D eigenvalue weighted by atomic mass is 9.76. The molecule has 6 heteroatoms. The predicted octanol–water partition coefficient (Wildman–Crippen LogP) is 2.67. The lowest BCUT2D eigenvalue weighted by Gasteiger charge is -2.40. The second-order valence-corrected chi connectivity index (χ2v) is 9.17. The number of thiophene rings is 1. The molecule has 0 amide bonds. The first kappa shape index (κ1) is 15.5. The molecule has 1 saturated carbocycles. The largest absolute Gasteiger partial charge is 0.315 e. The molecule has 21 heavy (non-hydrogen) atoms. The summed E-state index contributed by atoms with van der Waals surface area (Å²) in [5, 5.41) is 4.85. The number of nitrogens with one attached hydrogen (secondary N) is 1. The molecular weight excluding hydrogens is 304 g/mol. The SMILES string of the molecule is CNCc1cc(S(=O)(=O)N2CCC3CCCCC3C2)cs1. The van der Waals surface area contributed by atoms with Gasteiger partial charge in [-0.1, -0.05) is 19.3 Å². The monoisotopic (exact) mass is 328 g/mol. The van der Waals surface area contributed by atoms with Gasteiger partial charge >= 0.3 is 0 Å². The molecule has 0 radical (unpaired) electrons. The highest BCUT2D eigenvalue weighted by Crippen LogP contribution is 2.38. The Morgan fingerprint density at radius 2 is 2.05 bits per heavy atom. The van der Waals surface area contributed by atoms with Crippen LogP contribution in [0.3, 0.4) is 0 Å². The van der Waals surface area contributed by atoms with Gasteiger partial charge in [0, 0.05) is 29.9 Å². The third kappa shape index (κ3) is 3.18. The van der Waals surface area contributed by atoms with Crippen LogP contribution in [0.25, 0.3) is 0 Å². The van der Waals surface area contributed by atoms with E-state index in [0.29, 0.717) is 17.4 Å². The zero-order valence-electron chi connectivity index (χ0n) is 12.5. The molecule has 4 nitrogen and oxygen atoms in total. The molecule has 1 aliphatic carbocycles. The van der Waals surface area contributed by atoms with Gasteiger partial charge in [0.1, 0.15) is 0 Å². The molecule has 1 aromatic rings. The fourth-order valence-electron chi connectivity index (χ4n) is 3.70. The molecule has 1 N–H and O–H groups in total. The summed E-state index contributed by atoms with van der Waals surface area (Å²) in [7, 11) is -1.42. The molecule has 118 valence electrons. The van der Waals surface area contributed by atoms with Crippen molar-refractivity contribution in [3.63, 3.8) is 0 Å². The van der Waals surface area contributed by atoms with E-state index >= 15 is 0 Å². The molecular formula is C15H24N2O2S2. The molecule has 1 aliphatic heterocycles. The van der Waals surface area contributed by atoms with Crippen LogP contribution in [0.15, 0.2) is 16.3 Å².